The average Bonchev–Trinajstić information content (AvgIpc) is 3.15. The standard InChI is InChI=1S/C26H25N3O4S/c1-18-15-22-16-20(9-12-25(22)29(18)34(2,31)32)26(30)28-24-6-4-3-5-21(24)17-33-23-10-7-19(8-11-23)13-14-27/h3-12,16,18H,13,15,17H2,1-2H3,(H,28,30). The fourth-order valence-electron chi connectivity index (χ4n) is 4.17. The summed E-state index contributed by atoms with van der Waals surface area (Å²) in [7, 11) is -3.38. The number of carbonyl (C=O) groups excluding carboxylic acids is 1. The lowest BCUT2D eigenvalue weighted by atomic mass is 10.1. The Balaban J connectivity index is 1.47. The molecule has 1 atom stereocenters. The van der Waals surface area contributed by atoms with Gasteiger partial charge in [-0.2, -0.15) is 5.26 Å². The lowest BCUT2D eigenvalue weighted by Gasteiger charge is -2.22. The summed E-state index contributed by atoms with van der Waals surface area (Å²) in [4.78, 5) is 13.0. The van der Waals surface area contributed by atoms with Crippen LogP contribution in [0.1, 0.15) is 34.0 Å². The Labute approximate surface area is 199 Å². The first-order chi connectivity index (χ1) is 16.3. The lowest BCUT2D eigenvalue weighted by Crippen LogP contribution is -2.34. The molecule has 1 N–H and O–H groups in total. The second kappa shape index (κ2) is 9.57. The van der Waals surface area contributed by atoms with Gasteiger partial charge >= 0.3 is 0 Å². The highest BCUT2D eigenvalue weighted by atomic mass is 32.2. The normalized spacial score (nSPS) is 14.9. The van der Waals surface area contributed by atoms with Gasteiger partial charge in [-0.15, -0.1) is 0 Å². The smallest absolute Gasteiger partial charge is 0.255 e. The van der Waals surface area contributed by atoms with Crippen molar-refractivity contribution in [2.75, 3.05) is 15.9 Å². The molecule has 1 heterocycles. The van der Waals surface area contributed by atoms with Gasteiger partial charge in [0.1, 0.15) is 12.4 Å². The van der Waals surface area contributed by atoms with Gasteiger partial charge in [0.2, 0.25) is 10.0 Å². The van der Waals surface area contributed by atoms with Crippen LogP contribution in [-0.2, 0) is 29.5 Å². The zero-order valence-corrected chi connectivity index (χ0v) is 19.8. The van der Waals surface area contributed by atoms with E-state index in [-0.39, 0.29) is 18.6 Å². The highest BCUT2D eigenvalue weighted by Crippen LogP contribution is 2.35. The van der Waals surface area contributed by atoms with Crippen molar-refractivity contribution in [3.8, 4) is 11.8 Å². The Morgan fingerprint density at radius 3 is 2.59 bits per heavy atom. The Hall–Kier alpha value is -3.83. The Kier molecular flexibility index (Phi) is 6.57. The molecule has 1 aliphatic rings. The van der Waals surface area contributed by atoms with E-state index in [1.807, 2.05) is 55.5 Å². The van der Waals surface area contributed by atoms with Crippen LogP contribution in [0.4, 0.5) is 11.4 Å². The third kappa shape index (κ3) is 5.05. The van der Waals surface area contributed by atoms with Gasteiger partial charge in [-0.3, -0.25) is 9.10 Å². The van der Waals surface area contributed by atoms with E-state index in [9.17, 15) is 13.2 Å². The van der Waals surface area contributed by atoms with Crippen molar-refractivity contribution in [2.45, 2.75) is 32.4 Å². The first-order valence-electron chi connectivity index (χ1n) is 10.9. The molecule has 8 heteroatoms. The fraction of sp³-hybridized carbons (Fsp3) is 0.231. The van der Waals surface area contributed by atoms with Gasteiger partial charge in [-0.25, -0.2) is 8.42 Å². The third-order valence-corrected chi connectivity index (χ3v) is 6.99. The number of ether oxygens (including phenoxy) is 1. The maximum atomic E-state index is 13.0. The van der Waals surface area contributed by atoms with Crippen LogP contribution in [0.3, 0.4) is 0 Å². The first kappa shape index (κ1) is 23.3. The molecular formula is C26H25N3O4S. The number of anilines is 2. The van der Waals surface area contributed by atoms with E-state index in [0.717, 1.165) is 16.7 Å². The largest absolute Gasteiger partial charge is 0.489 e. The molecule has 0 saturated heterocycles. The van der Waals surface area contributed by atoms with E-state index in [2.05, 4.69) is 11.4 Å². The minimum absolute atomic E-state index is 0.185. The number of carbonyl (C=O) groups is 1. The van der Waals surface area contributed by atoms with Gasteiger partial charge in [0.25, 0.3) is 5.91 Å². The van der Waals surface area contributed by atoms with Crippen molar-refractivity contribution in [3.63, 3.8) is 0 Å². The zero-order chi connectivity index (χ0) is 24.3. The number of sulfonamides is 1. The summed E-state index contributed by atoms with van der Waals surface area (Å²) in [6.45, 7) is 2.12. The molecule has 0 aliphatic carbocycles. The molecule has 4 rings (SSSR count). The number of nitrogens with one attached hydrogen (secondary N) is 1. The van der Waals surface area contributed by atoms with Gasteiger partial charge in [0, 0.05) is 22.9 Å². The summed E-state index contributed by atoms with van der Waals surface area (Å²) in [5, 5.41) is 11.7. The summed E-state index contributed by atoms with van der Waals surface area (Å²) >= 11 is 0. The monoisotopic (exact) mass is 475 g/mol. The molecule has 0 saturated carbocycles. The third-order valence-electron chi connectivity index (χ3n) is 5.72. The molecule has 3 aromatic rings. The zero-order valence-electron chi connectivity index (χ0n) is 19.0. The number of amides is 1. The minimum Gasteiger partial charge on any atom is -0.489 e. The van der Waals surface area contributed by atoms with E-state index in [4.69, 9.17) is 10.00 Å². The molecule has 174 valence electrons. The average molecular weight is 476 g/mol. The van der Waals surface area contributed by atoms with Crippen LogP contribution in [0.2, 0.25) is 0 Å². The molecular weight excluding hydrogens is 450 g/mol. The predicted molar refractivity (Wildman–Crippen MR) is 131 cm³/mol. The van der Waals surface area contributed by atoms with Crippen molar-refractivity contribution in [3.05, 3.63) is 89.0 Å². The second-order valence-electron chi connectivity index (χ2n) is 8.33. The number of hydrogen-bond donors (Lipinski definition) is 1. The van der Waals surface area contributed by atoms with Gasteiger partial charge in [-0.1, -0.05) is 30.3 Å². The van der Waals surface area contributed by atoms with Crippen molar-refractivity contribution in [1.29, 1.82) is 5.26 Å². The summed E-state index contributed by atoms with van der Waals surface area (Å²) in [5.41, 5.74) is 4.30. The van der Waals surface area contributed by atoms with Crippen LogP contribution in [-0.4, -0.2) is 26.6 Å². The fourth-order valence-corrected chi connectivity index (χ4v) is 5.43. The van der Waals surface area contributed by atoms with Crippen molar-refractivity contribution >= 4 is 27.3 Å². The number of para-hydroxylation sites is 1. The molecule has 1 amide bonds. The summed E-state index contributed by atoms with van der Waals surface area (Å²) in [5.74, 6) is 0.396. The van der Waals surface area contributed by atoms with Crippen LogP contribution >= 0.6 is 0 Å². The molecule has 7 nitrogen and oxygen atoms in total. The van der Waals surface area contributed by atoms with Gasteiger partial charge in [0.05, 0.1) is 24.4 Å². The summed E-state index contributed by atoms with van der Waals surface area (Å²) in [6.07, 6.45) is 2.10. The van der Waals surface area contributed by atoms with Crippen LogP contribution in [0.25, 0.3) is 0 Å². The second-order valence-corrected chi connectivity index (χ2v) is 10.2. The number of nitrogens with zero attached hydrogens (tertiary/aromatic N) is 2. The van der Waals surface area contributed by atoms with E-state index >= 15 is 0 Å². The van der Waals surface area contributed by atoms with Gasteiger partial charge in [-0.05, 0) is 60.9 Å². The van der Waals surface area contributed by atoms with Gasteiger partial charge < -0.3 is 10.1 Å². The van der Waals surface area contributed by atoms with Gasteiger partial charge in [0.15, 0.2) is 0 Å². The number of rotatable bonds is 7. The van der Waals surface area contributed by atoms with Crippen molar-refractivity contribution in [1.82, 2.24) is 0 Å². The molecule has 1 aliphatic heterocycles. The van der Waals surface area contributed by atoms with Crippen molar-refractivity contribution in [2.24, 2.45) is 0 Å². The van der Waals surface area contributed by atoms with Crippen LogP contribution in [0.5, 0.6) is 5.75 Å². The summed E-state index contributed by atoms with van der Waals surface area (Å²) in [6, 6.07) is 21.8. The van der Waals surface area contributed by atoms with E-state index in [0.29, 0.717) is 35.5 Å². The number of fused-ring (bicyclic) bond motifs is 1. The number of benzene rings is 3. The van der Waals surface area contributed by atoms with Crippen molar-refractivity contribution < 1.29 is 17.9 Å². The molecule has 0 fully saturated rings. The van der Waals surface area contributed by atoms with E-state index in [1.54, 1.807) is 18.2 Å². The SMILES string of the molecule is CC1Cc2cc(C(=O)Nc3ccccc3COc3ccc(CC#N)cc3)ccc2N1S(C)(=O)=O. The lowest BCUT2D eigenvalue weighted by molar-refractivity contribution is 0.102. The van der Waals surface area contributed by atoms with E-state index < -0.39 is 10.0 Å². The molecule has 0 spiro atoms. The molecule has 1 unspecified atom stereocenters. The van der Waals surface area contributed by atoms with Crippen LogP contribution in [0.15, 0.2) is 66.7 Å². The Bertz CT molecular complexity index is 1360. The molecule has 0 radical (unpaired) electrons. The molecule has 0 bridgehead atoms. The van der Waals surface area contributed by atoms with E-state index in [1.165, 1.54) is 10.6 Å². The highest BCUT2D eigenvalue weighted by molar-refractivity contribution is 7.92. The minimum atomic E-state index is -3.38. The molecule has 0 aromatic heterocycles. The maximum absolute atomic E-state index is 13.0. The van der Waals surface area contributed by atoms with Crippen LogP contribution < -0.4 is 14.4 Å². The predicted octanol–water partition coefficient (Wildman–Crippen LogP) is 4.29. The Morgan fingerprint density at radius 1 is 1.15 bits per heavy atom. The topological polar surface area (TPSA) is 99.5 Å². The first-order valence-corrected chi connectivity index (χ1v) is 12.7. The molecule has 34 heavy (non-hydrogen) atoms. The molecule has 3 aromatic carbocycles. The summed E-state index contributed by atoms with van der Waals surface area (Å²) < 4.78 is 31.6. The maximum Gasteiger partial charge on any atom is 0.255 e. The highest BCUT2D eigenvalue weighted by Gasteiger charge is 2.32. The van der Waals surface area contributed by atoms with Crippen LogP contribution in [0, 0.1) is 11.3 Å². The number of hydrogen-bond acceptors (Lipinski definition) is 5. The quantitative estimate of drug-likeness (QED) is 0.549. The number of nitriles is 1. The Morgan fingerprint density at radius 2 is 1.88 bits per heavy atom.